The number of amides is 1. The lowest BCUT2D eigenvalue weighted by Crippen LogP contribution is -2.36. The quantitative estimate of drug-likeness (QED) is 0.515. The molecule has 5 nitrogen and oxygen atoms in total. The number of rotatable bonds is 7. The summed E-state index contributed by atoms with van der Waals surface area (Å²) in [5.74, 6) is 0.329. The summed E-state index contributed by atoms with van der Waals surface area (Å²) in [6, 6.07) is 14.3. The third-order valence-electron chi connectivity index (χ3n) is 4.34. The van der Waals surface area contributed by atoms with Crippen molar-refractivity contribution in [3.8, 4) is 0 Å². The van der Waals surface area contributed by atoms with Crippen LogP contribution in [0.2, 0.25) is 0 Å². The second-order valence-electron chi connectivity index (χ2n) is 6.37. The van der Waals surface area contributed by atoms with E-state index >= 15 is 0 Å². The van der Waals surface area contributed by atoms with Crippen LogP contribution in [0.3, 0.4) is 0 Å². The Kier molecular flexibility index (Phi) is 7.79. The van der Waals surface area contributed by atoms with Crippen LogP contribution in [-0.2, 0) is 17.9 Å². The lowest BCUT2D eigenvalue weighted by atomic mass is 10.1. The standard InChI is InChI=1S/C21H27FN4O/c1-4-15(2)20(27)26-18-10-7-8-16(12-18)13-24-21(23-3)25-14-17-9-5-6-11-19(17)22/h5-12,15H,4,13-14H2,1-3H3,(H,26,27)(H2,23,24,25). The van der Waals surface area contributed by atoms with Crippen molar-refractivity contribution >= 4 is 17.6 Å². The van der Waals surface area contributed by atoms with Gasteiger partial charge >= 0.3 is 0 Å². The van der Waals surface area contributed by atoms with Crippen molar-refractivity contribution in [1.29, 1.82) is 0 Å². The molecule has 1 unspecified atom stereocenters. The van der Waals surface area contributed by atoms with Crippen LogP contribution >= 0.6 is 0 Å². The number of guanidine groups is 1. The van der Waals surface area contributed by atoms with Crippen molar-refractivity contribution in [2.45, 2.75) is 33.4 Å². The topological polar surface area (TPSA) is 65.5 Å². The molecule has 0 saturated heterocycles. The molecule has 0 aliphatic rings. The molecule has 0 radical (unpaired) electrons. The van der Waals surface area contributed by atoms with Crippen molar-refractivity contribution in [1.82, 2.24) is 10.6 Å². The third kappa shape index (κ3) is 6.40. The van der Waals surface area contributed by atoms with Crippen LogP contribution in [0.5, 0.6) is 0 Å². The molecule has 0 fully saturated rings. The predicted molar refractivity (Wildman–Crippen MR) is 108 cm³/mol. The highest BCUT2D eigenvalue weighted by Gasteiger charge is 2.10. The summed E-state index contributed by atoms with van der Waals surface area (Å²) >= 11 is 0. The zero-order valence-electron chi connectivity index (χ0n) is 16.1. The summed E-state index contributed by atoms with van der Waals surface area (Å²) in [7, 11) is 1.67. The van der Waals surface area contributed by atoms with Crippen LogP contribution in [0.1, 0.15) is 31.4 Å². The van der Waals surface area contributed by atoms with Gasteiger partial charge in [0.2, 0.25) is 5.91 Å². The fourth-order valence-corrected chi connectivity index (χ4v) is 2.44. The molecule has 1 amide bonds. The van der Waals surface area contributed by atoms with E-state index in [1.54, 1.807) is 25.2 Å². The SMILES string of the molecule is CCC(C)C(=O)Nc1cccc(CNC(=NC)NCc2ccccc2F)c1. The maximum atomic E-state index is 13.7. The van der Waals surface area contributed by atoms with Crippen molar-refractivity contribution < 1.29 is 9.18 Å². The van der Waals surface area contributed by atoms with E-state index in [1.807, 2.05) is 38.1 Å². The largest absolute Gasteiger partial charge is 0.352 e. The lowest BCUT2D eigenvalue weighted by molar-refractivity contribution is -0.119. The molecule has 144 valence electrons. The average Bonchev–Trinajstić information content (AvgIpc) is 2.69. The number of halogens is 1. The first kappa shape index (κ1) is 20.4. The van der Waals surface area contributed by atoms with Crippen LogP contribution in [0.15, 0.2) is 53.5 Å². The van der Waals surface area contributed by atoms with E-state index in [-0.39, 0.29) is 17.6 Å². The first-order valence-corrected chi connectivity index (χ1v) is 9.11. The molecule has 6 heteroatoms. The van der Waals surface area contributed by atoms with E-state index in [4.69, 9.17) is 0 Å². The summed E-state index contributed by atoms with van der Waals surface area (Å²) in [4.78, 5) is 16.2. The molecule has 3 N–H and O–H groups in total. The number of anilines is 1. The molecule has 1 atom stereocenters. The molecule has 0 spiro atoms. The van der Waals surface area contributed by atoms with Gasteiger partial charge in [-0.05, 0) is 30.2 Å². The van der Waals surface area contributed by atoms with Crippen LogP contribution < -0.4 is 16.0 Å². The van der Waals surface area contributed by atoms with Gasteiger partial charge in [-0.3, -0.25) is 9.79 Å². The molecule has 0 aliphatic heterocycles. The Morgan fingerprint density at radius 2 is 1.85 bits per heavy atom. The van der Waals surface area contributed by atoms with Gasteiger partial charge in [0.25, 0.3) is 0 Å². The number of aliphatic imine (C=N–C) groups is 1. The average molecular weight is 370 g/mol. The number of nitrogens with zero attached hydrogens (tertiary/aromatic N) is 1. The van der Waals surface area contributed by atoms with E-state index < -0.39 is 0 Å². The van der Waals surface area contributed by atoms with Crippen LogP contribution in [0, 0.1) is 11.7 Å². The van der Waals surface area contributed by atoms with Gasteiger partial charge < -0.3 is 16.0 Å². The molecule has 0 bridgehead atoms. The highest BCUT2D eigenvalue weighted by Crippen LogP contribution is 2.13. The Balaban J connectivity index is 1.90. The summed E-state index contributed by atoms with van der Waals surface area (Å²) in [5, 5.41) is 9.22. The van der Waals surface area contributed by atoms with Gasteiger partial charge in [-0.25, -0.2) is 4.39 Å². The molecule has 0 aromatic heterocycles. The van der Waals surface area contributed by atoms with E-state index in [9.17, 15) is 9.18 Å². The molecular formula is C21H27FN4O. The monoisotopic (exact) mass is 370 g/mol. The third-order valence-corrected chi connectivity index (χ3v) is 4.34. The molecule has 0 saturated carbocycles. The Bertz CT molecular complexity index is 791. The highest BCUT2D eigenvalue weighted by molar-refractivity contribution is 5.92. The Hall–Kier alpha value is -2.89. The van der Waals surface area contributed by atoms with Crippen LogP contribution in [0.25, 0.3) is 0 Å². The summed E-state index contributed by atoms with van der Waals surface area (Å²) < 4.78 is 13.7. The van der Waals surface area contributed by atoms with E-state index in [1.165, 1.54) is 6.07 Å². The van der Waals surface area contributed by atoms with Crippen LogP contribution in [0.4, 0.5) is 10.1 Å². The molecule has 0 heterocycles. The molecule has 2 aromatic rings. The van der Waals surface area contributed by atoms with E-state index in [2.05, 4.69) is 20.9 Å². The number of hydrogen-bond acceptors (Lipinski definition) is 2. The summed E-state index contributed by atoms with van der Waals surface area (Å²) in [6.45, 7) is 4.78. The number of nitrogens with one attached hydrogen (secondary N) is 3. The minimum atomic E-state index is -0.245. The van der Waals surface area contributed by atoms with Crippen molar-refractivity contribution in [3.63, 3.8) is 0 Å². The number of carbonyl (C=O) groups excluding carboxylic acids is 1. The van der Waals surface area contributed by atoms with Crippen molar-refractivity contribution in [2.24, 2.45) is 10.9 Å². The fraction of sp³-hybridized carbons (Fsp3) is 0.333. The minimum absolute atomic E-state index is 0.0185. The first-order valence-electron chi connectivity index (χ1n) is 9.11. The lowest BCUT2D eigenvalue weighted by Gasteiger charge is -2.14. The second kappa shape index (κ2) is 10.3. The zero-order chi connectivity index (χ0) is 19.6. The van der Waals surface area contributed by atoms with Crippen LogP contribution in [-0.4, -0.2) is 18.9 Å². The van der Waals surface area contributed by atoms with E-state index in [0.717, 1.165) is 17.7 Å². The second-order valence-corrected chi connectivity index (χ2v) is 6.37. The normalized spacial score (nSPS) is 12.4. The van der Waals surface area contributed by atoms with Gasteiger partial charge in [0.15, 0.2) is 5.96 Å². The highest BCUT2D eigenvalue weighted by atomic mass is 19.1. The maximum Gasteiger partial charge on any atom is 0.227 e. The summed E-state index contributed by atoms with van der Waals surface area (Å²) in [6.07, 6.45) is 0.803. The molecule has 27 heavy (non-hydrogen) atoms. The molecular weight excluding hydrogens is 343 g/mol. The van der Waals surface area contributed by atoms with Gasteiger partial charge in [-0.2, -0.15) is 0 Å². The Morgan fingerprint density at radius 3 is 2.56 bits per heavy atom. The van der Waals surface area contributed by atoms with Gasteiger partial charge in [0.1, 0.15) is 5.82 Å². The summed E-state index contributed by atoms with van der Waals surface area (Å²) in [5.41, 5.74) is 2.36. The van der Waals surface area contributed by atoms with E-state index in [0.29, 0.717) is 24.6 Å². The number of carbonyl (C=O) groups is 1. The van der Waals surface area contributed by atoms with Crippen molar-refractivity contribution in [2.75, 3.05) is 12.4 Å². The minimum Gasteiger partial charge on any atom is -0.352 e. The molecule has 0 aliphatic carbocycles. The smallest absolute Gasteiger partial charge is 0.227 e. The van der Waals surface area contributed by atoms with Gasteiger partial charge in [0, 0.05) is 37.3 Å². The van der Waals surface area contributed by atoms with Crippen molar-refractivity contribution in [3.05, 3.63) is 65.5 Å². The van der Waals surface area contributed by atoms with Gasteiger partial charge in [-0.15, -0.1) is 0 Å². The Morgan fingerprint density at radius 1 is 1.11 bits per heavy atom. The first-order chi connectivity index (χ1) is 13.0. The number of benzene rings is 2. The van der Waals surface area contributed by atoms with Gasteiger partial charge in [-0.1, -0.05) is 44.2 Å². The maximum absolute atomic E-state index is 13.7. The predicted octanol–water partition coefficient (Wildman–Crippen LogP) is 3.68. The zero-order valence-corrected chi connectivity index (χ0v) is 16.1. The molecule has 2 rings (SSSR count). The fourth-order valence-electron chi connectivity index (χ4n) is 2.44. The number of hydrogen-bond donors (Lipinski definition) is 3. The molecule has 2 aromatic carbocycles. The Labute approximate surface area is 160 Å². The van der Waals surface area contributed by atoms with Gasteiger partial charge in [0.05, 0.1) is 0 Å².